The van der Waals surface area contributed by atoms with Gasteiger partial charge in [-0.05, 0) is 38.3 Å². The third kappa shape index (κ3) is 2.58. The summed E-state index contributed by atoms with van der Waals surface area (Å²) in [5, 5.41) is 4.06. The summed E-state index contributed by atoms with van der Waals surface area (Å²) < 4.78 is 28.1. The molecule has 2 aliphatic heterocycles. The summed E-state index contributed by atoms with van der Waals surface area (Å²) in [6.45, 7) is 3.34. The number of hydrogen-bond acceptors (Lipinski definition) is 4. The average Bonchev–Trinajstić information content (AvgIpc) is 3.24. The van der Waals surface area contributed by atoms with Gasteiger partial charge in [-0.2, -0.15) is 5.10 Å². The second-order valence-corrected chi connectivity index (χ2v) is 7.56. The van der Waals surface area contributed by atoms with Crippen molar-refractivity contribution in [3.8, 4) is 0 Å². The van der Waals surface area contributed by atoms with Gasteiger partial charge in [-0.25, -0.2) is 18.3 Å². The Kier molecular flexibility index (Phi) is 3.70. The second kappa shape index (κ2) is 5.97. The third-order valence-electron chi connectivity index (χ3n) is 5.84. The van der Waals surface area contributed by atoms with E-state index in [0.29, 0.717) is 30.4 Å². The van der Waals surface area contributed by atoms with Crippen LogP contribution in [-0.2, 0) is 0 Å². The molecule has 6 nitrogen and oxygen atoms in total. The molecule has 138 valence electrons. The number of aromatic nitrogens is 3. The Bertz CT molecular complexity index is 863. The number of alkyl halides is 2. The highest BCUT2D eigenvalue weighted by Crippen LogP contribution is 2.40. The summed E-state index contributed by atoms with van der Waals surface area (Å²) >= 11 is 0. The Morgan fingerprint density at radius 3 is 2.81 bits per heavy atom. The van der Waals surface area contributed by atoms with Gasteiger partial charge in [0.15, 0.2) is 5.65 Å². The van der Waals surface area contributed by atoms with Gasteiger partial charge in [-0.15, -0.1) is 0 Å². The highest BCUT2D eigenvalue weighted by molar-refractivity contribution is 5.99. The van der Waals surface area contributed by atoms with Gasteiger partial charge in [0.25, 0.3) is 12.3 Å². The normalized spacial score (nSPS) is 23.8. The number of carbonyl (C=O) groups excluding carboxylic acids is 1. The molecule has 8 heteroatoms. The molecule has 1 saturated carbocycles. The van der Waals surface area contributed by atoms with Gasteiger partial charge in [-0.1, -0.05) is 0 Å². The summed E-state index contributed by atoms with van der Waals surface area (Å²) in [7, 11) is 0. The molecule has 1 unspecified atom stereocenters. The summed E-state index contributed by atoms with van der Waals surface area (Å²) in [5.74, 6) is 0.0876. The zero-order chi connectivity index (χ0) is 17.8. The lowest BCUT2D eigenvalue weighted by Gasteiger charge is -2.37. The summed E-state index contributed by atoms with van der Waals surface area (Å²) in [4.78, 5) is 21.9. The molecule has 0 bridgehead atoms. The van der Waals surface area contributed by atoms with Gasteiger partial charge in [0.1, 0.15) is 11.3 Å². The maximum Gasteiger partial charge on any atom is 0.280 e. The van der Waals surface area contributed by atoms with Crippen molar-refractivity contribution in [3.63, 3.8) is 0 Å². The molecule has 0 spiro atoms. The van der Waals surface area contributed by atoms with E-state index in [4.69, 9.17) is 0 Å². The van der Waals surface area contributed by atoms with Crippen LogP contribution < -0.4 is 0 Å². The van der Waals surface area contributed by atoms with Crippen LogP contribution in [0.25, 0.3) is 5.65 Å². The van der Waals surface area contributed by atoms with Crippen LogP contribution in [-0.4, -0.2) is 62.5 Å². The number of fused-ring (bicyclic) bond motifs is 2. The van der Waals surface area contributed by atoms with E-state index >= 15 is 0 Å². The molecule has 4 heterocycles. The molecule has 26 heavy (non-hydrogen) atoms. The molecule has 0 radical (unpaired) electrons. The van der Waals surface area contributed by atoms with Crippen molar-refractivity contribution in [1.82, 2.24) is 24.4 Å². The molecule has 2 aromatic heterocycles. The lowest BCUT2D eigenvalue weighted by Crippen LogP contribution is -2.52. The first-order valence-corrected chi connectivity index (χ1v) is 9.32. The zero-order valence-electron chi connectivity index (χ0n) is 14.4. The largest absolute Gasteiger partial charge is 0.336 e. The van der Waals surface area contributed by atoms with Gasteiger partial charge < -0.3 is 4.90 Å². The van der Waals surface area contributed by atoms with E-state index < -0.39 is 6.43 Å². The fraction of sp³-hybridized carbons (Fsp3) is 0.611. The zero-order valence-corrected chi connectivity index (χ0v) is 14.4. The first-order chi connectivity index (χ1) is 12.6. The standard InChI is InChI=1S/C18H21F2N5O/c19-16(20)15-8-14(11-3-4-11)22-17-13(9-21-25(15)17)18(26)24-7-6-23-5-1-2-12(23)10-24/h8-9,11-12,16H,1-7,10H2. The molecule has 5 rings (SSSR count). The monoisotopic (exact) mass is 361 g/mol. The van der Waals surface area contributed by atoms with E-state index in [0.717, 1.165) is 36.9 Å². The highest BCUT2D eigenvalue weighted by atomic mass is 19.3. The summed E-state index contributed by atoms with van der Waals surface area (Å²) in [5.41, 5.74) is 1.07. The maximum atomic E-state index is 13.5. The van der Waals surface area contributed by atoms with E-state index in [1.54, 1.807) is 0 Å². The minimum Gasteiger partial charge on any atom is -0.336 e. The first kappa shape index (κ1) is 16.1. The van der Waals surface area contributed by atoms with Crippen molar-refractivity contribution in [3.05, 3.63) is 29.2 Å². The highest BCUT2D eigenvalue weighted by Gasteiger charge is 2.34. The van der Waals surface area contributed by atoms with Crippen molar-refractivity contribution in [2.45, 2.75) is 44.1 Å². The molecule has 2 saturated heterocycles. The maximum absolute atomic E-state index is 13.5. The van der Waals surface area contributed by atoms with E-state index in [1.165, 1.54) is 18.7 Å². The molecule has 1 atom stereocenters. The van der Waals surface area contributed by atoms with Crippen molar-refractivity contribution in [2.24, 2.45) is 0 Å². The fourth-order valence-corrected chi connectivity index (χ4v) is 4.25. The van der Waals surface area contributed by atoms with Gasteiger partial charge in [0, 0.05) is 37.3 Å². The Hall–Kier alpha value is -2.09. The molecular formula is C18H21F2N5O. The third-order valence-corrected chi connectivity index (χ3v) is 5.84. The quantitative estimate of drug-likeness (QED) is 0.843. The predicted molar refractivity (Wildman–Crippen MR) is 90.4 cm³/mol. The molecule has 2 aromatic rings. The van der Waals surface area contributed by atoms with Crippen LogP contribution in [0.1, 0.15) is 59.8 Å². The number of rotatable bonds is 3. The van der Waals surface area contributed by atoms with Gasteiger partial charge in [-0.3, -0.25) is 9.69 Å². The number of carbonyl (C=O) groups is 1. The van der Waals surface area contributed by atoms with Crippen molar-refractivity contribution < 1.29 is 13.6 Å². The van der Waals surface area contributed by atoms with Crippen molar-refractivity contribution >= 4 is 11.6 Å². The molecule has 1 amide bonds. The number of piperazine rings is 1. The number of nitrogens with zero attached hydrogens (tertiary/aromatic N) is 5. The van der Waals surface area contributed by atoms with Crippen molar-refractivity contribution in [1.29, 1.82) is 0 Å². The molecule has 3 aliphatic rings. The molecule has 3 fully saturated rings. The van der Waals surface area contributed by atoms with Gasteiger partial charge in [0.2, 0.25) is 0 Å². The molecule has 1 aliphatic carbocycles. The van der Waals surface area contributed by atoms with Gasteiger partial charge >= 0.3 is 0 Å². The smallest absolute Gasteiger partial charge is 0.280 e. The number of halogens is 2. The van der Waals surface area contributed by atoms with Crippen LogP contribution in [0.2, 0.25) is 0 Å². The SMILES string of the molecule is O=C(c1cnn2c(C(F)F)cc(C3CC3)nc12)N1CCN2CCCC2C1. The lowest BCUT2D eigenvalue weighted by atomic mass is 10.1. The van der Waals surface area contributed by atoms with Crippen LogP contribution in [0.5, 0.6) is 0 Å². The molecule has 0 N–H and O–H groups in total. The van der Waals surface area contributed by atoms with Gasteiger partial charge in [0.05, 0.1) is 6.20 Å². The minimum absolute atomic E-state index is 0.146. The minimum atomic E-state index is -2.65. The Morgan fingerprint density at radius 2 is 2.04 bits per heavy atom. The molecule has 0 aromatic carbocycles. The topological polar surface area (TPSA) is 53.7 Å². The lowest BCUT2D eigenvalue weighted by molar-refractivity contribution is 0.0573. The van der Waals surface area contributed by atoms with Crippen LogP contribution in [0.4, 0.5) is 8.78 Å². The number of amides is 1. The average molecular weight is 361 g/mol. The Morgan fingerprint density at radius 1 is 1.19 bits per heavy atom. The van der Waals surface area contributed by atoms with Crippen LogP contribution >= 0.6 is 0 Å². The molecular weight excluding hydrogens is 340 g/mol. The predicted octanol–water partition coefficient (Wildman–Crippen LogP) is 2.46. The van der Waals surface area contributed by atoms with E-state index in [9.17, 15) is 13.6 Å². The van der Waals surface area contributed by atoms with Crippen molar-refractivity contribution in [2.75, 3.05) is 26.2 Å². The fourth-order valence-electron chi connectivity index (χ4n) is 4.25. The van der Waals surface area contributed by atoms with Crippen LogP contribution in [0.3, 0.4) is 0 Å². The van der Waals surface area contributed by atoms with E-state index in [2.05, 4.69) is 15.0 Å². The van der Waals surface area contributed by atoms with Crippen LogP contribution in [0.15, 0.2) is 12.3 Å². The Labute approximate surface area is 149 Å². The summed E-state index contributed by atoms with van der Waals surface area (Å²) in [6.07, 6.45) is 2.96. The van der Waals surface area contributed by atoms with Crippen LogP contribution in [0, 0.1) is 0 Å². The van der Waals surface area contributed by atoms with E-state index in [1.807, 2.05) is 4.90 Å². The summed E-state index contributed by atoms with van der Waals surface area (Å²) in [6, 6.07) is 1.86. The number of hydrogen-bond donors (Lipinski definition) is 0. The first-order valence-electron chi connectivity index (χ1n) is 9.32. The second-order valence-electron chi connectivity index (χ2n) is 7.56. The van der Waals surface area contributed by atoms with E-state index in [-0.39, 0.29) is 23.2 Å². The Balaban J connectivity index is 1.51.